The minimum Gasteiger partial charge on any atom is -0.759 e. The fraction of sp³-hybridized carbons (Fsp3) is 0.571. The molecule has 0 aliphatic heterocycles. The zero-order valence-corrected chi connectivity index (χ0v) is 25.7. The van der Waals surface area contributed by atoms with Crippen LogP contribution in [0.3, 0.4) is 0 Å². The van der Waals surface area contributed by atoms with Gasteiger partial charge in [-0.3, -0.25) is 4.21 Å². The molecule has 14 heteroatoms. The number of aryl methyl sites for hydroxylation is 1. The van der Waals surface area contributed by atoms with E-state index in [1.165, 1.54) is 24.3 Å². The van der Waals surface area contributed by atoms with Gasteiger partial charge in [-0.1, -0.05) is 25.5 Å². The van der Waals surface area contributed by atoms with Gasteiger partial charge in [-0.15, -0.1) is 0 Å². The Hall–Kier alpha value is 2.77. The summed E-state index contributed by atoms with van der Waals surface area (Å²) in [5.74, 6) is 0.0478. The van der Waals surface area contributed by atoms with E-state index in [1.54, 1.807) is 11.8 Å². The molecule has 1 rings (SSSR count). The maximum Gasteiger partial charge on any atom is 1.00 e. The van der Waals surface area contributed by atoms with Crippen molar-refractivity contribution in [3.8, 4) is 0 Å². The van der Waals surface area contributed by atoms with Gasteiger partial charge in [-0.2, -0.15) is 11.8 Å². The summed E-state index contributed by atoms with van der Waals surface area (Å²) in [5.41, 5.74) is 0.272. The molecule has 1 aromatic rings. The van der Waals surface area contributed by atoms with E-state index in [0.29, 0.717) is 5.75 Å². The van der Waals surface area contributed by atoms with Crippen LogP contribution in [0.25, 0.3) is 0 Å². The molecule has 0 aliphatic rings. The number of thioether (sulfide) groups is 1. The van der Waals surface area contributed by atoms with E-state index in [2.05, 4.69) is 6.92 Å². The van der Waals surface area contributed by atoms with Gasteiger partial charge in [-0.25, -0.2) is 16.8 Å². The van der Waals surface area contributed by atoms with Crippen LogP contribution in [-0.4, -0.2) is 57.7 Å². The van der Waals surface area contributed by atoms with Crippen LogP contribution < -0.4 is 103 Å². The van der Waals surface area contributed by atoms with Crippen LogP contribution in [0, 0.1) is 0 Å². The van der Waals surface area contributed by atoms with Crippen molar-refractivity contribution in [1.82, 2.24) is 0 Å². The molecule has 0 bridgehead atoms. The third-order valence-electron chi connectivity index (χ3n) is 3.56. The van der Waals surface area contributed by atoms with Crippen LogP contribution in [0.15, 0.2) is 29.2 Å². The van der Waals surface area contributed by atoms with E-state index in [0.717, 1.165) is 18.6 Å². The average Bonchev–Trinajstić information content (AvgIpc) is 2.52. The molecular weight excluding hydrogens is 503 g/mol. The van der Waals surface area contributed by atoms with Gasteiger partial charge in [0.2, 0.25) is 0 Å². The number of hydrogen-bond donors (Lipinski definition) is 1. The first-order valence-electron chi connectivity index (χ1n) is 7.76. The molecule has 28 heavy (non-hydrogen) atoms. The zero-order valence-electron chi connectivity index (χ0n) is 16.2. The first-order chi connectivity index (χ1) is 11.8. The molecule has 0 spiro atoms. The van der Waals surface area contributed by atoms with Crippen LogP contribution in [0.5, 0.6) is 0 Å². The molecule has 0 saturated heterocycles. The number of sulfone groups is 1. The van der Waals surface area contributed by atoms with Gasteiger partial charge in [-0.05, 0) is 36.3 Å². The van der Waals surface area contributed by atoms with Gasteiger partial charge in [0, 0.05) is 20.2 Å². The van der Waals surface area contributed by atoms with Crippen molar-refractivity contribution in [2.24, 2.45) is 0 Å². The van der Waals surface area contributed by atoms with Crippen molar-refractivity contribution in [2.45, 2.75) is 31.1 Å². The van der Waals surface area contributed by atoms with Crippen molar-refractivity contribution in [2.75, 3.05) is 23.0 Å². The first kappa shape index (κ1) is 32.9. The molecule has 0 fully saturated rings. The topological polar surface area (TPSA) is 152 Å². The normalized spacial score (nSPS) is 13.6. The molecule has 8 nitrogen and oxygen atoms in total. The van der Waals surface area contributed by atoms with E-state index in [9.17, 15) is 30.1 Å². The number of unbranched alkanes of at least 4 members (excludes halogenated alkanes) is 1. The molecule has 0 saturated carbocycles. The van der Waals surface area contributed by atoms with Crippen molar-refractivity contribution in [3.05, 3.63) is 29.8 Å². The van der Waals surface area contributed by atoms with E-state index < -0.39 is 39.8 Å². The van der Waals surface area contributed by atoms with E-state index >= 15 is 0 Å². The van der Waals surface area contributed by atoms with Crippen LogP contribution in [-0.2, 0) is 34.1 Å². The third-order valence-corrected chi connectivity index (χ3v) is 11.2. The fourth-order valence-electron chi connectivity index (χ4n) is 1.89. The Kier molecular flexibility index (Phi) is 15.9. The van der Waals surface area contributed by atoms with Gasteiger partial charge in [0.25, 0.3) is 0 Å². The van der Waals surface area contributed by atoms with Crippen LogP contribution in [0.2, 0.25) is 0 Å². The Morgan fingerprint density at radius 2 is 1.61 bits per heavy atom. The van der Waals surface area contributed by atoms with Gasteiger partial charge in [0.1, 0.15) is 0 Å². The summed E-state index contributed by atoms with van der Waals surface area (Å²) in [5, 5.41) is 0. The monoisotopic (exact) mass is 524 g/mol. The third kappa shape index (κ3) is 10.6. The molecular formula is C14H22K2O8S4. The number of benzene rings is 1. The molecule has 1 aromatic carbocycles. The van der Waals surface area contributed by atoms with E-state index in [1.807, 2.05) is 0 Å². The zero-order chi connectivity index (χ0) is 20.1. The second-order valence-corrected chi connectivity index (χ2v) is 15.3. The summed E-state index contributed by atoms with van der Waals surface area (Å²) in [4.78, 5) is 0.0672. The van der Waals surface area contributed by atoms with E-state index in [-0.39, 0.29) is 119 Å². The average molecular weight is 525 g/mol. The second-order valence-electron chi connectivity index (χ2n) is 5.70. The Labute approximate surface area is 255 Å². The molecule has 0 aromatic heterocycles. The minimum atomic E-state index is -6.58. The van der Waals surface area contributed by atoms with Crippen molar-refractivity contribution < 1.29 is 137 Å². The molecule has 0 unspecified atom stereocenters. The summed E-state index contributed by atoms with van der Waals surface area (Å²) < 4.78 is 88.4. The SMILES string of the molecule is CCCCSCCS(=O)(=O)c1ccc(CCS(=O)([O-])(O)S(=O)(=O)[O-])cc1.[K+].[K+]. The standard InChI is InChI=1S/C14H24O8S4.2K/c1-2-3-9-23-10-11-24(15,16)14-6-4-13(5-7-14)8-12-26(20,21,22)25(17,18)19;;/h4-7H,2-3,8-12H2,1H3,(H,17,18,19)(H2,20,21,22);;/q;2*+1/p-2. The largest absolute Gasteiger partial charge is 1.00 e. The van der Waals surface area contributed by atoms with Crippen LogP contribution in [0.4, 0.5) is 0 Å². The van der Waals surface area contributed by atoms with Gasteiger partial charge in [0.15, 0.2) is 19.0 Å². The van der Waals surface area contributed by atoms with Crippen molar-refractivity contribution in [3.63, 3.8) is 0 Å². The molecule has 152 valence electrons. The maximum atomic E-state index is 12.2. The Morgan fingerprint density at radius 3 is 2.07 bits per heavy atom. The Bertz CT molecular complexity index is 876. The van der Waals surface area contributed by atoms with Crippen LogP contribution >= 0.6 is 11.8 Å². The summed E-state index contributed by atoms with van der Waals surface area (Å²) in [6, 6.07) is 5.20. The second kappa shape index (κ2) is 13.5. The summed E-state index contributed by atoms with van der Waals surface area (Å²) >= 11 is 1.56. The van der Waals surface area contributed by atoms with E-state index in [4.69, 9.17) is 4.55 Å². The molecule has 1 N–H and O–H groups in total. The summed E-state index contributed by atoms with van der Waals surface area (Å²) in [6.07, 6.45) is 1.62. The number of hydrogen-bond acceptors (Lipinski definition) is 8. The molecule has 0 atom stereocenters. The predicted molar refractivity (Wildman–Crippen MR) is 101 cm³/mol. The molecule has 0 amide bonds. The van der Waals surface area contributed by atoms with Gasteiger partial charge < -0.3 is 13.7 Å². The maximum absolute atomic E-state index is 12.2. The van der Waals surface area contributed by atoms with Crippen molar-refractivity contribution >= 4 is 39.4 Å². The Morgan fingerprint density at radius 1 is 1.07 bits per heavy atom. The van der Waals surface area contributed by atoms with Crippen molar-refractivity contribution in [1.29, 1.82) is 0 Å². The van der Waals surface area contributed by atoms with Gasteiger partial charge in [0.05, 0.1) is 10.6 Å². The van der Waals surface area contributed by atoms with Crippen LogP contribution in [0.1, 0.15) is 25.3 Å². The smallest absolute Gasteiger partial charge is 0.759 e. The summed E-state index contributed by atoms with van der Waals surface area (Å²) in [7, 11) is -16.0. The predicted octanol–water partition coefficient (Wildman–Crippen LogP) is -4.57. The Balaban J connectivity index is 0. The quantitative estimate of drug-likeness (QED) is 0.130. The minimum absolute atomic E-state index is 0. The molecule has 0 heterocycles. The molecule has 0 aliphatic carbocycles. The fourth-order valence-corrected chi connectivity index (χ4v) is 6.36. The summed E-state index contributed by atoms with van der Waals surface area (Å²) in [6.45, 7) is 2.05. The molecule has 0 radical (unpaired) electrons. The number of rotatable bonds is 11. The first-order valence-corrected chi connectivity index (χ1v) is 14.5. The van der Waals surface area contributed by atoms with Gasteiger partial charge >= 0.3 is 103 Å².